The van der Waals surface area contributed by atoms with Crippen molar-refractivity contribution in [3.8, 4) is 0 Å². The number of hydrogen-bond acceptors (Lipinski definition) is 3. The number of amides is 1. The van der Waals surface area contributed by atoms with Gasteiger partial charge in [-0.3, -0.25) is 9.69 Å². The zero-order valence-electron chi connectivity index (χ0n) is 9.69. The maximum atomic E-state index is 11.5. The van der Waals surface area contributed by atoms with Crippen LogP contribution in [-0.4, -0.2) is 17.5 Å². The number of anilines is 1. The normalized spacial score (nSPS) is 11.8. The zero-order chi connectivity index (χ0) is 13.8. The Morgan fingerprint density at radius 3 is 2.42 bits per heavy atom. The van der Waals surface area contributed by atoms with Gasteiger partial charge in [0.1, 0.15) is 0 Å². The summed E-state index contributed by atoms with van der Waals surface area (Å²) < 4.78 is 0.839. The lowest BCUT2D eigenvalue weighted by atomic mass is 10.1. The molecule has 0 radical (unpaired) electrons. The minimum atomic E-state index is -1.07. The molecule has 1 atom stereocenters. The average molecular weight is 340 g/mol. The highest BCUT2D eigenvalue weighted by Gasteiger charge is 2.28. The summed E-state index contributed by atoms with van der Waals surface area (Å²) >= 11 is 4.61. The van der Waals surface area contributed by atoms with Gasteiger partial charge in [-0.15, -0.1) is 11.3 Å². The summed E-state index contributed by atoms with van der Waals surface area (Å²) in [6, 6.07) is 11.1. The van der Waals surface area contributed by atoms with Crippen molar-refractivity contribution in [2.75, 3.05) is 4.90 Å². The van der Waals surface area contributed by atoms with E-state index < -0.39 is 12.0 Å². The van der Waals surface area contributed by atoms with Crippen molar-refractivity contribution in [1.29, 1.82) is 0 Å². The molecule has 0 saturated carbocycles. The predicted octanol–water partition coefficient (Wildman–Crippen LogP) is 3.30. The highest BCUT2D eigenvalue weighted by Crippen LogP contribution is 2.34. The molecule has 2 aromatic rings. The standard InChI is InChI=1S/C13H10BrNO3S/c14-10-6-7-11(19-10)15(8-16)12(13(17)18)9-4-2-1-3-5-9/h1-8,12H,(H,17,18). The Hall–Kier alpha value is -1.66. The molecular formula is C13H10BrNO3S. The molecule has 1 aromatic heterocycles. The molecule has 6 heteroatoms. The highest BCUT2D eigenvalue weighted by atomic mass is 79.9. The molecule has 0 spiro atoms. The molecule has 1 N–H and O–H groups in total. The number of hydrogen-bond donors (Lipinski definition) is 1. The number of thiophene rings is 1. The monoisotopic (exact) mass is 339 g/mol. The van der Waals surface area contributed by atoms with Crippen LogP contribution in [0.25, 0.3) is 0 Å². The fourth-order valence-corrected chi connectivity index (χ4v) is 3.10. The van der Waals surface area contributed by atoms with Crippen LogP contribution in [0.4, 0.5) is 5.00 Å². The van der Waals surface area contributed by atoms with E-state index in [0.717, 1.165) is 3.79 Å². The number of nitrogens with zero attached hydrogens (tertiary/aromatic N) is 1. The first-order valence-electron chi connectivity index (χ1n) is 5.40. The molecule has 4 nitrogen and oxygen atoms in total. The number of benzene rings is 1. The lowest BCUT2D eigenvalue weighted by Gasteiger charge is -2.23. The Morgan fingerprint density at radius 1 is 1.26 bits per heavy atom. The van der Waals surface area contributed by atoms with Crippen molar-refractivity contribution in [2.45, 2.75) is 6.04 Å². The van der Waals surface area contributed by atoms with Gasteiger partial charge in [0.25, 0.3) is 0 Å². The van der Waals surface area contributed by atoms with Gasteiger partial charge in [-0.05, 0) is 33.6 Å². The number of carboxylic acids is 1. The third-order valence-corrected chi connectivity index (χ3v) is 4.19. The van der Waals surface area contributed by atoms with Crippen LogP contribution in [0.1, 0.15) is 11.6 Å². The van der Waals surface area contributed by atoms with Gasteiger partial charge in [0, 0.05) is 0 Å². The third kappa shape index (κ3) is 3.02. The molecule has 0 aliphatic heterocycles. The van der Waals surface area contributed by atoms with Gasteiger partial charge in [-0.1, -0.05) is 30.3 Å². The maximum absolute atomic E-state index is 11.5. The van der Waals surface area contributed by atoms with Crippen molar-refractivity contribution in [1.82, 2.24) is 0 Å². The fraction of sp³-hybridized carbons (Fsp3) is 0.0769. The van der Waals surface area contributed by atoms with E-state index in [0.29, 0.717) is 17.0 Å². The maximum Gasteiger partial charge on any atom is 0.331 e. The van der Waals surface area contributed by atoms with E-state index in [1.807, 2.05) is 0 Å². The second kappa shape index (κ2) is 5.99. The molecule has 0 aliphatic rings. The largest absolute Gasteiger partial charge is 0.479 e. The van der Waals surface area contributed by atoms with Crippen LogP contribution in [0, 0.1) is 0 Å². The van der Waals surface area contributed by atoms with Crippen LogP contribution in [0.5, 0.6) is 0 Å². The van der Waals surface area contributed by atoms with E-state index in [4.69, 9.17) is 0 Å². The summed E-state index contributed by atoms with van der Waals surface area (Å²) in [4.78, 5) is 24.0. The van der Waals surface area contributed by atoms with Gasteiger partial charge >= 0.3 is 5.97 Å². The van der Waals surface area contributed by atoms with Gasteiger partial charge in [0.15, 0.2) is 6.04 Å². The van der Waals surface area contributed by atoms with E-state index in [1.165, 1.54) is 16.2 Å². The van der Waals surface area contributed by atoms with Crippen LogP contribution >= 0.6 is 27.3 Å². The predicted molar refractivity (Wildman–Crippen MR) is 77.4 cm³/mol. The number of carbonyl (C=O) groups excluding carboxylic acids is 1. The molecule has 1 amide bonds. The second-order valence-corrected chi connectivity index (χ2v) is 6.18. The average Bonchev–Trinajstić information content (AvgIpc) is 2.82. The number of carboxylic acid groups (broad SMARTS) is 1. The summed E-state index contributed by atoms with van der Waals surface area (Å²) in [7, 11) is 0. The highest BCUT2D eigenvalue weighted by molar-refractivity contribution is 9.11. The Kier molecular flexibility index (Phi) is 4.34. The minimum Gasteiger partial charge on any atom is -0.479 e. The zero-order valence-corrected chi connectivity index (χ0v) is 12.1. The lowest BCUT2D eigenvalue weighted by Crippen LogP contribution is -2.32. The summed E-state index contributed by atoms with van der Waals surface area (Å²) in [6.07, 6.45) is 0.546. The van der Waals surface area contributed by atoms with Crippen LogP contribution in [0.3, 0.4) is 0 Å². The van der Waals surface area contributed by atoms with Crippen molar-refractivity contribution in [3.63, 3.8) is 0 Å². The SMILES string of the molecule is O=CN(c1ccc(Br)s1)C(C(=O)O)c1ccccc1. The van der Waals surface area contributed by atoms with Crippen molar-refractivity contribution in [2.24, 2.45) is 0 Å². The van der Waals surface area contributed by atoms with Gasteiger partial charge in [-0.2, -0.15) is 0 Å². The quantitative estimate of drug-likeness (QED) is 0.850. The van der Waals surface area contributed by atoms with Gasteiger partial charge in [0.05, 0.1) is 8.79 Å². The molecule has 98 valence electrons. The second-order valence-electron chi connectivity index (χ2n) is 3.74. The third-order valence-electron chi connectivity index (χ3n) is 2.55. The van der Waals surface area contributed by atoms with E-state index in [9.17, 15) is 14.7 Å². The first kappa shape index (κ1) is 13.8. The topological polar surface area (TPSA) is 57.6 Å². The molecule has 1 heterocycles. The first-order chi connectivity index (χ1) is 9.13. The van der Waals surface area contributed by atoms with Gasteiger partial charge in [-0.25, -0.2) is 4.79 Å². The van der Waals surface area contributed by atoms with Crippen LogP contribution in [0.2, 0.25) is 0 Å². The number of rotatable bonds is 5. The molecule has 19 heavy (non-hydrogen) atoms. The van der Waals surface area contributed by atoms with E-state index in [-0.39, 0.29) is 0 Å². The lowest BCUT2D eigenvalue weighted by molar-refractivity contribution is -0.139. The van der Waals surface area contributed by atoms with Crippen LogP contribution < -0.4 is 4.90 Å². The van der Waals surface area contributed by atoms with E-state index >= 15 is 0 Å². The molecular weight excluding hydrogens is 330 g/mol. The Morgan fingerprint density at radius 2 is 1.95 bits per heavy atom. The van der Waals surface area contributed by atoms with E-state index in [2.05, 4.69) is 15.9 Å². The summed E-state index contributed by atoms with van der Waals surface area (Å²) in [5.74, 6) is -1.07. The molecule has 0 fully saturated rings. The molecule has 0 bridgehead atoms. The molecule has 1 unspecified atom stereocenters. The molecule has 0 saturated heterocycles. The fourth-order valence-electron chi connectivity index (χ4n) is 1.74. The number of halogens is 1. The Bertz CT molecular complexity index is 585. The Balaban J connectivity index is 2.43. The molecule has 0 aliphatic carbocycles. The van der Waals surface area contributed by atoms with Crippen LogP contribution in [0.15, 0.2) is 46.3 Å². The summed E-state index contributed by atoms with van der Waals surface area (Å²) in [6.45, 7) is 0. The first-order valence-corrected chi connectivity index (χ1v) is 7.01. The number of carbonyl (C=O) groups is 2. The smallest absolute Gasteiger partial charge is 0.331 e. The Labute approximate surface area is 122 Å². The minimum absolute atomic E-state index is 0.546. The van der Waals surface area contributed by atoms with Gasteiger partial charge in [0.2, 0.25) is 6.41 Å². The molecule has 1 aromatic carbocycles. The van der Waals surface area contributed by atoms with E-state index in [1.54, 1.807) is 42.5 Å². The van der Waals surface area contributed by atoms with Crippen molar-refractivity contribution < 1.29 is 14.7 Å². The van der Waals surface area contributed by atoms with Crippen molar-refractivity contribution in [3.05, 3.63) is 51.8 Å². The van der Waals surface area contributed by atoms with Crippen molar-refractivity contribution >= 4 is 44.6 Å². The molecule has 2 rings (SSSR count). The summed E-state index contributed by atoms with van der Waals surface area (Å²) in [5, 5.41) is 9.97. The summed E-state index contributed by atoms with van der Waals surface area (Å²) in [5.41, 5.74) is 0.562. The van der Waals surface area contributed by atoms with Gasteiger partial charge < -0.3 is 5.11 Å². The van der Waals surface area contributed by atoms with Crippen LogP contribution in [-0.2, 0) is 9.59 Å². The number of aliphatic carboxylic acids is 1.